The van der Waals surface area contributed by atoms with Gasteiger partial charge in [-0.05, 0) is 31.0 Å². The third-order valence-electron chi connectivity index (χ3n) is 1.82. The van der Waals surface area contributed by atoms with E-state index in [2.05, 4.69) is 25.4 Å². The molecule has 60 valence electrons. The molecule has 1 aromatic carbocycles. The van der Waals surface area contributed by atoms with Gasteiger partial charge in [0.15, 0.2) is 0 Å². The van der Waals surface area contributed by atoms with Crippen molar-refractivity contribution >= 4 is 5.69 Å². The number of hydrogen-bond acceptors (Lipinski definition) is 2. The molecular weight excluding hydrogens is 138 g/mol. The predicted octanol–water partition coefficient (Wildman–Crippen LogP) is 2.28. The quantitative estimate of drug-likeness (QED) is 0.655. The highest BCUT2D eigenvalue weighted by molar-refractivity contribution is 5.52. The van der Waals surface area contributed by atoms with Crippen molar-refractivity contribution in [2.75, 3.05) is 12.6 Å². The standard InChI is InChI=1S/C9H13NO/c1-7-5-4-6-9(8(7)2)10-11-3/h4-6,10H,1-3H3. The third kappa shape index (κ3) is 1.71. The van der Waals surface area contributed by atoms with Crippen LogP contribution in [0.2, 0.25) is 0 Å². The van der Waals surface area contributed by atoms with Crippen LogP contribution in [0.3, 0.4) is 0 Å². The fourth-order valence-electron chi connectivity index (χ4n) is 0.972. The van der Waals surface area contributed by atoms with Crippen LogP contribution in [0.1, 0.15) is 11.1 Å². The number of aryl methyl sites for hydroxylation is 1. The summed E-state index contributed by atoms with van der Waals surface area (Å²) in [6, 6.07) is 6.08. The molecule has 0 aliphatic carbocycles. The monoisotopic (exact) mass is 151 g/mol. The number of hydrogen-bond donors (Lipinski definition) is 1. The third-order valence-corrected chi connectivity index (χ3v) is 1.82. The van der Waals surface area contributed by atoms with Crippen LogP contribution in [0.25, 0.3) is 0 Å². The van der Waals surface area contributed by atoms with Crippen molar-refractivity contribution in [1.29, 1.82) is 0 Å². The topological polar surface area (TPSA) is 21.3 Å². The number of nitrogens with one attached hydrogen (secondary N) is 1. The molecule has 1 rings (SSSR count). The molecule has 0 fully saturated rings. The highest BCUT2D eigenvalue weighted by Crippen LogP contribution is 2.17. The van der Waals surface area contributed by atoms with Crippen molar-refractivity contribution in [2.24, 2.45) is 0 Å². The molecule has 0 saturated carbocycles. The van der Waals surface area contributed by atoms with Gasteiger partial charge in [0.1, 0.15) is 0 Å². The van der Waals surface area contributed by atoms with E-state index in [-0.39, 0.29) is 0 Å². The molecule has 0 heterocycles. The van der Waals surface area contributed by atoms with E-state index in [0.717, 1.165) is 5.69 Å². The van der Waals surface area contributed by atoms with Crippen LogP contribution in [-0.4, -0.2) is 7.11 Å². The minimum Gasteiger partial charge on any atom is -0.279 e. The van der Waals surface area contributed by atoms with Crippen molar-refractivity contribution in [2.45, 2.75) is 13.8 Å². The molecule has 0 bridgehead atoms. The molecule has 0 amide bonds. The zero-order valence-corrected chi connectivity index (χ0v) is 7.14. The van der Waals surface area contributed by atoms with E-state index in [1.165, 1.54) is 11.1 Å². The van der Waals surface area contributed by atoms with Gasteiger partial charge in [0.25, 0.3) is 0 Å². The first-order valence-electron chi connectivity index (χ1n) is 3.61. The van der Waals surface area contributed by atoms with Crippen LogP contribution >= 0.6 is 0 Å². The molecule has 0 saturated heterocycles. The molecule has 0 aromatic heterocycles. The SMILES string of the molecule is CONc1cccc(C)c1C. The summed E-state index contributed by atoms with van der Waals surface area (Å²) >= 11 is 0. The fraction of sp³-hybridized carbons (Fsp3) is 0.333. The molecule has 2 heteroatoms. The Morgan fingerprint density at radius 3 is 2.64 bits per heavy atom. The van der Waals surface area contributed by atoms with E-state index in [1.54, 1.807) is 7.11 Å². The summed E-state index contributed by atoms with van der Waals surface area (Å²) in [4.78, 5) is 4.81. The average molecular weight is 151 g/mol. The summed E-state index contributed by atoms with van der Waals surface area (Å²) < 4.78 is 0. The van der Waals surface area contributed by atoms with E-state index >= 15 is 0 Å². The average Bonchev–Trinajstić information content (AvgIpc) is 1.99. The normalized spacial score (nSPS) is 9.73. The second-order valence-electron chi connectivity index (χ2n) is 2.55. The molecule has 1 aromatic rings. The van der Waals surface area contributed by atoms with E-state index in [4.69, 9.17) is 4.84 Å². The second-order valence-corrected chi connectivity index (χ2v) is 2.55. The Morgan fingerprint density at radius 2 is 2.00 bits per heavy atom. The Bertz CT molecular complexity index is 245. The van der Waals surface area contributed by atoms with Gasteiger partial charge in [-0.15, -0.1) is 0 Å². The van der Waals surface area contributed by atoms with Crippen LogP contribution in [-0.2, 0) is 4.84 Å². The van der Waals surface area contributed by atoms with Gasteiger partial charge < -0.3 is 0 Å². The minimum absolute atomic E-state index is 1.03. The summed E-state index contributed by atoms with van der Waals surface area (Å²) in [5.74, 6) is 0. The molecule has 11 heavy (non-hydrogen) atoms. The molecule has 0 atom stereocenters. The first-order valence-corrected chi connectivity index (χ1v) is 3.61. The Hall–Kier alpha value is -1.02. The number of rotatable bonds is 2. The lowest BCUT2D eigenvalue weighted by Crippen LogP contribution is -1.98. The first kappa shape index (κ1) is 8.08. The Balaban J connectivity index is 2.96. The summed E-state index contributed by atoms with van der Waals surface area (Å²) in [7, 11) is 1.61. The van der Waals surface area contributed by atoms with Gasteiger partial charge in [-0.2, -0.15) is 0 Å². The van der Waals surface area contributed by atoms with Gasteiger partial charge in [-0.3, -0.25) is 10.3 Å². The Labute approximate surface area is 67.1 Å². The predicted molar refractivity (Wildman–Crippen MR) is 46.5 cm³/mol. The highest BCUT2D eigenvalue weighted by Gasteiger charge is 1.97. The minimum atomic E-state index is 1.03. The van der Waals surface area contributed by atoms with Crippen molar-refractivity contribution in [3.05, 3.63) is 29.3 Å². The molecular formula is C9H13NO. The van der Waals surface area contributed by atoms with E-state index in [9.17, 15) is 0 Å². The fourth-order valence-corrected chi connectivity index (χ4v) is 0.972. The summed E-state index contributed by atoms with van der Waals surface area (Å²) in [5, 5.41) is 0. The van der Waals surface area contributed by atoms with Gasteiger partial charge in [0.2, 0.25) is 0 Å². The van der Waals surface area contributed by atoms with E-state index < -0.39 is 0 Å². The lowest BCUT2D eigenvalue weighted by molar-refractivity contribution is 0.270. The highest BCUT2D eigenvalue weighted by atomic mass is 16.6. The molecule has 0 spiro atoms. The first-order chi connectivity index (χ1) is 5.25. The molecule has 1 N–H and O–H groups in total. The molecule has 0 aliphatic heterocycles. The van der Waals surface area contributed by atoms with Crippen LogP contribution in [0.15, 0.2) is 18.2 Å². The smallest absolute Gasteiger partial charge is 0.0636 e. The van der Waals surface area contributed by atoms with Crippen LogP contribution in [0.5, 0.6) is 0 Å². The van der Waals surface area contributed by atoms with Gasteiger partial charge in [-0.25, -0.2) is 0 Å². The molecule has 0 aliphatic rings. The summed E-state index contributed by atoms with van der Waals surface area (Å²) in [5.41, 5.74) is 6.35. The van der Waals surface area contributed by atoms with Crippen molar-refractivity contribution in [3.8, 4) is 0 Å². The summed E-state index contributed by atoms with van der Waals surface area (Å²) in [6.45, 7) is 4.15. The van der Waals surface area contributed by atoms with E-state index in [0.29, 0.717) is 0 Å². The van der Waals surface area contributed by atoms with Crippen molar-refractivity contribution < 1.29 is 4.84 Å². The largest absolute Gasteiger partial charge is 0.279 e. The van der Waals surface area contributed by atoms with Crippen molar-refractivity contribution in [3.63, 3.8) is 0 Å². The molecule has 0 radical (unpaired) electrons. The second kappa shape index (κ2) is 3.39. The van der Waals surface area contributed by atoms with Crippen LogP contribution in [0.4, 0.5) is 5.69 Å². The van der Waals surface area contributed by atoms with Gasteiger partial charge in [0.05, 0.1) is 12.8 Å². The Morgan fingerprint density at radius 1 is 1.27 bits per heavy atom. The lowest BCUT2D eigenvalue weighted by atomic mass is 10.1. The molecule has 0 unspecified atom stereocenters. The van der Waals surface area contributed by atoms with E-state index in [1.807, 2.05) is 12.1 Å². The zero-order chi connectivity index (χ0) is 8.27. The maximum atomic E-state index is 4.81. The van der Waals surface area contributed by atoms with Gasteiger partial charge in [-0.1, -0.05) is 12.1 Å². The Kier molecular flexibility index (Phi) is 2.49. The maximum Gasteiger partial charge on any atom is 0.0636 e. The van der Waals surface area contributed by atoms with Gasteiger partial charge in [0, 0.05) is 0 Å². The summed E-state index contributed by atoms with van der Waals surface area (Å²) in [6.07, 6.45) is 0. The zero-order valence-electron chi connectivity index (χ0n) is 7.14. The number of benzene rings is 1. The van der Waals surface area contributed by atoms with Crippen molar-refractivity contribution in [1.82, 2.24) is 0 Å². The maximum absolute atomic E-state index is 4.81. The van der Waals surface area contributed by atoms with Crippen LogP contribution in [0, 0.1) is 13.8 Å². The molecule has 2 nitrogen and oxygen atoms in total. The van der Waals surface area contributed by atoms with Crippen LogP contribution < -0.4 is 5.48 Å². The lowest BCUT2D eigenvalue weighted by Gasteiger charge is -2.08. The number of anilines is 1. The van der Waals surface area contributed by atoms with Gasteiger partial charge >= 0.3 is 0 Å².